The van der Waals surface area contributed by atoms with E-state index in [1.54, 1.807) is 11.3 Å². The Morgan fingerprint density at radius 2 is 1.96 bits per heavy atom. The lowest BCUT2D eigenvalue weighted by molar-refractivity contribution is -0.142. The highest BCUT2D eigenvalue weighted by Crippen LogP contribution is 2.34. The van der Waals surface area contributed by atoms with Gasteiger partial charge in [-0.25, -0.2) is 0 Å². The maximum Gasteiger partial charge on any atom is 0.227 e. The van der Waals surface area contributed by atoms with E-state index < -0.39 is 0 Å². The number of fused-ring (bicyclic) bond motifs is 1. The van der Waals surface area contributed by atoms with E-state index in [1.165, 1.54) is 10.4 Å². The summed E-state index contributed by atoms with van der Waals surface area (Å²) >= 11 is 1.79. The van der Waals surface area contributed by atoms with Crippen LogP contribution in [-0.2, 0) is 22.4 Å². The summed E-state index contributed by atoms with van der Waals surface area (Å²) in [5.74, 6) is 0.281. The Hall–Kier alpha value is -2.14. The molecule has 4 rings (SSSR count). The second-order valence-electron chi connectivity index (χ2n) is 7.60. The van der Waals surface area contributed by atoms with Crippen molar-refractivity contribution in [2.45, 2.75) is 38.6 Å². The molecule has 5 heteroatoms. The van der Waals surface area contributed by atoms with Crippen LogP contribution in [0.25, 0.3) is 0 Å². The molecule has 2 aromatic rings. The van der Waals surface area contributed by atoms with E-state index in [1.807, 2.05) is 40.1 Å². The number of rotatable bonds is 3. The van der Waals surface area contributed by atoms with E-state index in [2.05, 4.69) is 18.4 Å². The number of benzene rings is 1. The molecular weight excluding hydrogens is 356 g/mol. The zero-order valence-electron chi connectivity index (χ0n) is 15.8. The number of thiophene rings is 1. The summed E-state index contributed by atoms with van der Waals surface area (Å²) in [6.07, 6.45) is 3.16. The first-order chi connectivity index (χ1) is 13.1. The normalized spacial score (nSPS) is 22.4. The zero-order valence-corrected chi connectivity index (χ0v) is 16.6. The monoisotopic (exact) mass is 382 g/mol. The lowest BCUT2D eigenvalue weighted by atomic mass is 9.93. The first kappa shape index (κ1) is 18.2. The molecule has 142 valence electrons. The highest BCUT2D eigenvalue weighted by atomic mass is 32.1. The van der Waals surface area contributed by atoms with Gasteiger partial charge in [-0.1, -0.05) is 30.3 Å². The molecule has 0 aliphatic carbocycles. The summed E-state index contributed by atoms with van der Waals surface area (Å²) in [7, 11) is 0. The maximum absolute atomic E-state index is 13.2. The third-order valence-corrected chi connectivity index (χ3v) is 6.88. The van der Waals surface area contributed by atoms with Gasteiger partial charge in [-0.3, -0.25) is 9.59 Å². The largest absolute Gasteiger partial charge is 0.342 e. The van der Waals surface area contributed by atoms with Gasteiger partial charge in [0, 0.05) is 24.5 Å². The fourth-order valence-corrected chi connectivity index (χ4v) is 5.30. The van der Waals surface area contributed by atoms with E-state index in [0.29, 0.717) is 13.0 Å². The van der Waals surface area contributed by atoms with Crippen LogP contribution in [0.2, 0.25) is 0 Å². The Morgan fingerprint density at radius 1 is 1.15 bits per heavy atom. The molecule has 1 aromatic heterocycles. The van der Waals surface area contributed by atoms with E-state index in [0.717, 1.165) is 37.9 Å². The minimum Gasteiger partial charge on any atom is -0.342 e. The molecule has 0 N–H and O–H groups in total. The zero-order chi connectivity index (χ0) is 18.8. The van der Waals surface area contributed by atoms with E-state index >= 15 is 0 Å². The fourth-order valence-electron chi connectivity index (χ4n) is 4.33. The van der Waals surface area contributed by atoms with Gasteiger partial charge in [-0.2, -0.15) is 0 Å². The Kier molecular flexibility index (Phi) is 5.30. The van der Waals surface area contributed by atoms with Crippen LogP contribution in [0.3, 0.4) is 0 Å². The quantitative estimate of drug-likeness (QED) is 0.813. The van der Waals surface area contributed by atoms with Gasteiger partial charge < -0.3 is 9.80 Å². The van der Waals surface area contributed by atoms with Crippen molar-refractivity contribution < 1.29 is 9.59 Å². The van der Waals surface area contributed by atoms with Crippen LogP contribution in [0.1, 0.15) is 41.8 Å². The van der Waals surface area contributed by atoms with E-state index in [4.69, 9.17) is 0 Å². The Labute approximate surface area is 164 Å². The van der Waals surface area contributed by atoms with Crippen molar-refractivity contribution in [3.05, 3.63) is 57.8 Å². The van der Waals surface area contributed by atoms with Gasteiger partial charge in [0.15, 0.2) is 0 Å². The summed E-state index contributed by atoms with van der Waals surface area (Å²) in [5, 5.41) is 2.12. The van der Waals surface area contributed by atoms with Crippen LogP contribution in [0.5, 0.6) is 0 Å². The molecule has 2 aliphatic heterocycles. The third kappa shape index (κ3) is 3.79. The first-order valence-electron chi connectivity index (χ1n) is 9.82. The summed E-state index contributed by atoms with van der Waals surface area (Å²) in [5.41, 5.74) is 2.33. The molecule has 2 amide bonds. The second-order valence-corrected chi connectivity index (χ2v) is 8.60. The smallest absolute Gasteiger partial charge is 0.227 e. The molecule has 4 nitrogen and oxygen atoms in total. The molecule has 1 fully saturated rings. The Bertz CT molecular complexity index is 817. The SMILES string of the molecule is CC1c2ccsc2CCN1C(=O)C1CCCN(C(=O)Cc2ccccc2)C1. The van der Waals surface area contributed by atoms with Crippen molar-refractivity contribution >= 4 is 23.2 Å². The number of carbonyl (C=O) groups is 2. The van der Waals surface area contributed by atoms with E-state index in [-0.39, 0.29) is 23.8 Å². The number of hydrogen-bond acceptors (Lipinski definition) is 3. The number of amides is 2. The third-order valence-electron chi connectivity index (χ3n) is 5.88. The van der Waals surface area contributed by atoms with Crippen LogP contribution in [0.15, 0.2) is 41.8 Å². The first-order valence-corrected chi connectivity index (χ1v) is 10.7. The van der Waals surface area contributed by atoms with Gasteiger partial charge in [0.05, 0.1) is 18.4 Å². The van der Waals surface area contributed by atoms with Crippen LogP contribution in [0.4, 0.5) is 0 Å². The highest BCUT2D eigenvalue weighted by Gasteiger charge is 2.35. The Morgan fingerprint density at radius 3 is 2.78 bits per heavy atom. The van der Waals surface area contributed by atoms with Crippen LogP contribution in [0, 0.1) is 5.92 Å². The molecule has 27 heavy (non-hydrogen) atoms. The average molecular weight is 383 g/mol. The number of likely N-dealkylation sites (tertiary alicyclic amines) is 1. The van der Waals surface area contributed by atoms with Crippen molar-refractivity contribution in [1.29, 1.82) is 0 Å². The van der Waals surface area contributed by atoms with Crippen LogP contribution < -0.4 is 0 Å². The molecular formula is C22H26N2O2S. The molecule has 0 saturated carbocycles. The summed E-state index contributed by atoms with van der Waals surface area (Å²) in [6.45, 7) is 4.25. The van der Waals surface area contributed by atoms with Crippen molar-refractivity contribution in [2.75, 3.05) is 19.6 Å². The maximum atomic E-state index is 13.2. The van der Waals surface area contributed by atoms with Gasteiger partial charge in [-0.05, 0) is 48.8 Å². The van der Waals surface area contributed by atoms with Crippen molar-refractivity contribution in [1.82, 2.24) is 9.80 Å². The standard InChI is InChI=1S/C22H26N2O2S/c1-16-19-10-13-27-20(19)9-12-24(16)22(26)18-8-5-11-23(15-18)21(25)14-17-6-3-2-4-7-17/h2-4,6-7,10,13,16,18H,5,8-9,11-12,14-15H2,1H3. The molecule has 1 aromatic carbocycles. The minimum atomic E-state index is -0.0684. The molecule has 1 saturated heterocycles. The van der Waals surface area contributed by atoms with Gasteiger partial charge in [0.2, 0.25) is 11.8 Å². The summed E-state index contributed by atoms with van der Waals surface area (Å²) in [6, 6.07) is 12.1. The summed E-state index contributed by atoms with van der Waals surface area (Å²) in [4.78, 5) is 31.3. The minimum absolute atomic E-state index is 0.0684. The highest BCUT2D eigenvalue weighted by molar-refractivity contribution is 7.10. The van der Waals surface area contributed by atoms with Crippen molar-refractivity contribution in [3.8, 4) is 0 Å². The van der Waals surface area contributed by atoms with Gasteiger partial charge in [0.25, 0.3) is 0 Å². The molecule has 0 spiro atoms. The van der Waals surface area contributed by atoms with Crippen LogP contribution in [-0.4, -0.2) is 41.2 Å². The van der Waals surface area contributed by atoms with Gasteiger partial charge in [-0.15, -0.1) is 11.3 Å². The predicted molar refractivity (Wildman–Crippen MR) is 108 cm³/mol. The molecule has 2 aliphatic rings. The molecule has 3 heterocycles. The molecule has 0 bridgehead atoms. The van der Waals surface area contributed by atoms with Crippen LogP contribution >= 0.6 is 11.3 Å². The second kappa shape index (κ2) is 7.85. The van der Waals surface area contributed by atoms with Crippen molar-refractivity contribution in [3.63, 3.8) is 0 Å². The molecule has 2 atom stereocenters. The lowest BCUT2D eigenvalue weighted by Gasteiger charge is -2.39. The summed E-state index contributed by atoms with van der Waals surface area (Å²) < 4.78 is 0. The van der Waals surface area contributed by atoms with Crippen molar-refractivity contribution in [2.24, 2.45) is 5.92 Å². The van der Waals surface area contributed by atoms with E-state index in [9.17, 15) is 9.59 Å². The number of piperidine rings is 1. The number of carbonyl (C=O) groups excluding carboxylic acids is 2. The number of nitrogens with zero attached hydrogens (tertiary/aromatic N) is 2. The molecule has 0 radical (unpaired) electrons. The number of hydrogen-bond donors (Lipinski definition) is 0. The molecule has 2 unspecified atom stereocenters. The van der Waals surface area contributed by atoms with Gasteiger partial charge >= 0.3 is 0 Å². The predicted octanol–water partition coefficient (Wildman–Crippen LogP) is 3.68. The lowest BCUT2D eigenvalue weighted by Crippen LogP contribution is -2.48. The average Bonchev–Trinajstić information content (AvgIpc) is 3.18. The topological polar surface area (TPSA) is 40.6 Å². The Balaban J connectivity index is 1.41. The van der Waals surface area contributed by atoms with Gasteiger partial charge in [0.1, 0.15) is 0 Å². The fraction of sp³-hybridized carbons (Fsp3) is 0.455.